The first-order valence-electron chi connectivity index (χ1n) is 11.8. The molecule has 3 rings (SSSR count). The van der Waals surface area contributed by atoms with Crippen LogP contribution in [0, 0.1) is 12.8 Å². The van der Waals surface area contributed by atoms with E-state index in [1.165, 1.54) is 37.7 Å². The van der Waals surface area contributed by atoms with E-state index in [1.54, 1.807) is 11.1 Å². The number of rotatable bonds is 5. The molecule has 1 nitrogen and oxygen atoms in total. The quantitative estimate of drug-likeness (QED) is 0.456. The van der Waals surface area contributed by atoms with Gasteiger partial charge in [-0.15, -0.1) is 0 Å². The van der Waals surface area contributed by atoms with E-state index in [9.17, 15) is 0 Å². The average Bonchev–Trinajstić information content (AvgIpc) is 2.59. The summed E-state index contributed by atoms with van der Waals surface area (Å²) in [6, 6.07) is 7.19. The summed E-state index contributed by atoms with van der Waals surface area (Å²) in [7, 11) is -1.90. The molecular formula is C26H44OSi. The lowest BCUT2D eigenvalue weighted by Gasteiger charge is -2.59. The molecule has 0 N–H and O–H groups in total. The minimum atomic E-state index is -1.90. The highest BCUT2D eigenvalue weighted by atomic mass is 28.4. The highest BCUT2D eigenvalue weighted by Crippen LogP contribution is 2.57. The van der Waals surface area contributed by atoms with Crippen LogP contribution in [-0.2, 0) is 16.3 Å². The van der Waals surface area contributed by atoms with Gasteiger partial charge in [0.2, 0.25) is 8.32 Å². The zero-order valence-corrected chi connectivity index (χ0v) is 21.0. The maximum atomic E-state index is 7.57. The second-order valence-electron chi connectivity index (χ2n) is 11.3. The smallest absolute Gasteiger partial charge is 0.201 e. The van der Waals surface area contributed by atoms with E-state index in [0.29, 0.717) is 22.5 Å². The lowest BCUT2D eigenvalue weighted by atomic mass is 9.53. The zero-order valence-electron chi connectivity index (χ0n) is 20.0. The Balaban J connectivity index is 2.05. The van der Waals surface area contributed by atoms with Gasteiger partial charge in [0, 0.05) is 0 Å². The summed E-state index contributed by atoms with van der Waals surface area (Å²) in [5, 5.41) is 0. The van der Waals surface area contributed by atoms with E-state index in [2.05, 4.69) is 80.5 Å². The molecule has 0 amide bonds. The van der Waals surface area contributed by atoms with Gasteiger partial charge in [0.25, 0.3) is 0 Å². The first-order valence-corrected chi connectivity index (χ1v) is 13.9. The molecule has 2 aliphatic rings. The summed E-state index contributed by atoms with van der Waals surface area (Å²) in [4.78, 5) is 0. The van der Waals surface area contributed by atoms with Crippen LogP contribution in [0.25, 0.3) is 0 Å². The maximum absolute atomic E-state index is 7.57. The number of hydrogen-bond acceptors (Lipinski definition) is 1. The van der Waals surface area contributed by atoms with Gasteiger partial charge in [-0.1, -0.05) is 72.2 Å². The van der Waals surface area contributed by atoms with Gasteiger partial charge in [-0.25, -0.2) is 0 Å². The molecular weight excluding hydrogens is 356 g/mol. The molecule has 1 saturated carbocycles. The Morgan fingerprint density at radius 3 is 2.14 bits per heavy atom. The van der Waals surface area contributed by atoms with Crippen molar-refractivity contribution >= 4 is 8.32 Å². The minimum absolute atomic E-state index is 0.0134. The lowest BCUT2D eigenvalue weighted by molar-refractivity contribution is -0.0664. The Morgan fingerprint density at radius 2 is 1.57 bits per heavy atom. The minimum Gasteiger partial charge on any atom is -0.411 e. The van der Waals surface area contributed by atoms with Gasteiger partial charge < -0.3 is 4.43 Å². The van der Waals surface area contributed by atoms with Crippen LogP contribution < -0.4 is 0 Å². The summed E-state index contributed by atoms with van der Waals surface area (Å²) < 4.78 is 7.57. The van der Waals surface area contributed by atoms with E-state index in [1.807, 2.05) is 0 Å². The van der Waals surface area contributed by atoms with E-state index < -0.39 is 8.32 Å². The molecule has 0 aliphatic heterocycles. The fraction of sp³-hybridized carbons (Fsp3) is 0.769. The fourth-order valence-electron chi connectivity index (χ4n) is 7.39. The zero-order chi connectivity index (χ0) is 20.9. The molecule has 0 saturated heterocycles. The molecule has 0 heterocycles. The number of hydrogen-bond donors (Lipinski definition) is 0. The van der Waals surface area contributed by atoms with Crippen LogP contribution in [0.4, 0.5) is 0 Å². The topological polar surface area (TPSA) is 9.23 Å². The predicted octanol–water partition coefficient (Wildman–Crippen LogP) is 7.95. The molecule has 28 heavy (non-hydrogen) atoms. The van der Waals surface area contributed by atoms with Gasteiger partial charge in [0.05, 0.1) is 5.60 Å². The molecule has 1 fully saturated rings. The number of benzene rings is 1. The molecule has 0 bridgehead atoms. The fourth-order valence-corrected chi connectivity index (χ4v) is 13.2. The summed E-state index contributed by atoms with van der Waals surface area (Å²) in [5.74, 6) is 0.631. The van der Waals surface area contributed by atoms with Crippen molar-refractivity contribution in [1.82, 2.24) is 0 Å². The SMILES string of the molecule is Cc1ccc2c(c1)[C@@]1(C)CCC[C@](C)(O[Si](C(C)C)(C(C)C)C(C)C)[C@H]1CC2. The van der Waals surface area contributed by atoms with Crippen LogP contribution in [0.1, 0.15) is 97.8 Å². The number of fused-ring (bicyclic) bond motifs is 3. The highest BCUT2D eigenvalue weighted by molar-refractivity contribution is 6.77. The molecule has 2 aliphatic carbocycles. The molecule has 2 heteroatoms. The second kappa shape index (κ2) is 7.58. The molecule has 0 aromatic heterocycles. The van der Waals surface area contributed by atoms with Gasteiger partial charge >= 0.3 is 0 Å². The summed E-state index contributed by atoms with van der Waals surface area (Å²) in [6.45, 7) is 21.9. The van der Waals surface area contributed by atoms with Crippen molar-refractivity contribution in [2.45, 2.75) is 122 Å². The monoisotopic (exact) mass is 400 g/mol. The van der Waals surface area contributed by atoms with Crippen LogP contribution >= 0.6 is 0 Å². The van der Waals surface area contributed by atoms with E-state index >= 15 is 0 Å². The van der Waals surface area contributed by atoms with Crippen LogP contribution in [0.5, 0.6) is 0 Å². The third-order valence-corrected chi connectivity index (χ3v) is 14.8. The number of aryl methyl sites for hydroxylation is 2. The van der Waals surface area contributed by atoms with Gasteiger partial charge in [0.1, 0.15) is 0 Å². The van der Waals surface area contributed by atoms with E-state index in [-0.39, 0.29) is 11.0 Å². The summed E-state index contributed by atoms with van der Waals surface area (Å²) in [6.07, 6.45) is 6.33. The van der Waals surface area contributed by atoms with E-state index in [0.717, 1.165) is 0 Å². The third kappa shape index (κ3) is 3.33. The largest absolute Gasteiger partial charge is 0.411 e. The third-order valence-electron chi connectivity index (χ3n) is 8.58. The molecule has 3 atom stereocenters. The molecule has 1 aromatic rings. The Hall–Kier alpha value is -0.603. The maximum Gasteiger partial charge on any atom is 0.201 e. The van der Waals surface area contributed by atoms with Crippen LogP contribution in [0.3, 0.4) is 0 Å². The Kier molecular flexibility index (Phi) is 5.98. The molecule has 1 aromatic carbocycles. The Bertz CT molecular complexity index is 685. The van der Waals surface area contributed by atoms with Crippen LogP contribution in [-0.4, -0.2) is 13.9 Å². The van der Waals surface area contributed by atoms with Crippen molar-refractivity contribution in [3.05, 3.63) is 34.9 Å². The lowest BCUT2D eigenvalue weighted by Crippen LogP contribution is -2.61. The molecule has 158 valence electrons. The van der Waals surface area contributed by atoms with Gasteiger partial charge in [-0.05, 0) is 85.0 Å². The molecule has 0 radical (unpaired) electrons. The predicted molar refractivity (Wildman–Crippen MR) is 125 cm³/mol. The van der Waals surface area contributed by atoms with Gasteiger partial charge in [-0.2, -0.15) is 0 Å². The summed E-state index contributed by atoms with van der Waals surface area (Å²) in [5.41, 5.74) is 6.85. The first kappa shape index (κ1) is 22.1. The van der Waals surface area contributed by atoms with Gasteiger partial charge in [-0.3, -0.25) is 0 Å². The average molecular weight is 401 g/mol. The molecule has 0 unspecified atom stereocenters. The first-order chi connectivity index (χ1) is 13.0. The molecule has 0 spiro atoms. The van der Waals surface area contributed by atoms with Crippen molar-refractivity contribution in [3.63, 3.8) is 0 Å². The normalized spacial score (nSPS) is 30.6. The highest BCUT2D eigenvalue weighted by Gasteiger charge is 2.57. The van der Waals surface area contributed by atoms with Crippen molar-refractivity contribution < 1.29 is 4.43 Å². The standard InChI is InChI=1S/C26H44OSi/c1-18(2)28(19(3)4,20(5)6)27-26(9)16-10-15-25(8)23-17-21(7)11-12-22(23)13-14-24(25)26/h11-12,17-20,24H,10,13-16H2,1-9H3/t24-,25+,26-/m0/s1. The van der Waals surface area contributed by atoms with Gasteiger partial charge in [0.15, 0.2) is 0 Å². The summed E-state index contributed by atoms with van der Waals surface area (Å²) >= 11 is 0. The van der Waals surface area contributed by atoms with Crippen molar-refractivity contribution in [1.29, 1.82) is 0 Å². The van der Waals surface area contributed by atoms with Crippen LogP contribution in [0.2, 0.25) is 16.6 Å². The Morgan fingerprint density at radius 1 is 0.964 bits per heavy atom. The van der Waals surface area contributed by atoms with Crippen molar-refractivity contribution in [2.75, 3.05) is 0 Å². The van der Waals surface area contributed by atoms with E-state index in [4.69, 9.17) is 4.43 Å². The van der Waals surface area contributed by atoms with Crippen molar-refractivity contribution in [2.24, 2.45) is 5.92 Å². The second-order valence-corrected chi connectivity index (χ2v) is 16.6. The van der Waals surface area contributed by atoms with Crippen molar-refractivity contribution in [3.8, 4) is 0 Å². The van der Waals surface area contributed by atoms with Crippen LogP contribution in [0.15, 0.2) is 18.2 Å². The Labute approximate surface area is 175 Å².